The zero-order chi connectivity index (χ0) is 36.6. The molecular formula is C31H33BrK2N2O15. The van der Waals surface area contributed by atoms with Crippen LogP contribution >= 0.6 is 15.9 Å². The quantitative estimate of drug-likeness (QED) is 0.0210. The van der Waals surface area contributed by atoms with E-state index in [2.05, 4.69) is 20.8 Å². The fourth-order valence-electron chi connectivity index (χ4n) is 3.37. The molecule has 4 rings (SSSR count). The fraction of sp³-hybridized carbons (Fsp3) is 0.194. The van der Waals surface area contributed by atoms with Crippen LogP contribution in [0.2, 0.25) is 0 Å². The minimum Gasteiger partial charge on any atom is -1.00 e. The molecule has 20 heteroatoms. The average molecular weight is 832 g/mol. The summed E-state index contributed by atoms with van der Waals surface area (Å²) in [5, 5.41) is 58.2. The summed E-state index contributed by atoms with van der Waals surface area (Å²) < 4.78 is 25.6. The molecule has 0 fully saturated rings. The Bertz CT molecular complexity index is 1630. The van der Waals surface area contributed by atoms with Gasteiger partial charge in [0.15, 0.2) is 40.2 Å². The smallest absolute Gasteiger partial charge is 1.00 e. The Balaban J connectivity index is -0.000000686. The van der Waals surface area contributed by atoms with Gasteiger partial charge in [-0.2, -0.15) is 0 Å². The molecule has 0 bridgehead atoms. The second-order valence-electron chi connectivity index (χ2n) is 8.51. The van der Waals surface area contributed by atoms with E-state index in [-0.39, 0.29) is 170 Å². The number of aromatic hydroxyl groups is 3. The molecular weight excluding hydrogens is 798 g/mol. The Morgan fingerprint density at radius 2 is 1.02 bits per heavy atom. The molecule has 4 aromatic rings. The number of para-hydroxylation sites is 6. The van der Waals surface area contributed by atoms with E-state index >= 15 is 0 Å². The van der Waals surface area contributed by atoms with E-state index in [0.717, 1.165) is 0 Å². The van der Waals surface area contributed by atoms with Gasteiger partial charge in [-0.3, -0.25) is 25.0 Å². The van der Waals surface area contributed by atoms with Crippen molar-refractivity contribution in [3.8, 4) is 46.0 Å². The Kier molecular flexibility index (Phi) is 29.4. The molecule has 0 atom stereocenters. The van der Waals surface area contributed by atoms with E-state index in [1.165, 1.54) is 38.5 Å². The maximum atomic E-state index is 10.8. The van der Waals surface area contributed by atoms with E-state index in [4.69, 9.17) is 43.9 Å². The summed E-state index contributed by atoms with van der Waals surface area (Å²) in [7, 11) is 2.87. The standard InChI is InChI=1S/C15H15NO6.C8H8BrNO3.C7H8O3.CH2O3.2K.H/c1-20-13-7-4-8-14(15(13)17)22-10-9-21-12-6-3-2-5-11(12)16(18)19;9-5-6-13-8-4-2-1-3-7(8)10(11)12;1-10-6-4-2-3-5(8)7(6)9;2-1-4-3;;;/h2-8,17H,9-10H2,1H3;1-4H,5-6H2;2-4,8-9H,1H3;1,3H;;;/q;;;;2*+1;-1/p-1. The topological polar surface area (TPSA) is 242 Å². The number of halogens is 1. The number of hydrogen-bond acceptors (Lipinski definition) is 15. The van der Waals surface area contributed by atoms with E-state index in [9.17, 15) is 25.3 Å². The van der Waals surface area contributed by atoms with Gasteiger partial charge in [0.25, 0.3) is 6.47 Å². The van der Waals surface area contributed by atoms with Crippen molar-refractivity contribution < 1.29 is 168 Å². The predicted molar refractivity (Wildman–Crippen MR) is 176 cm³/mol. The molecule has 4 aromatic carbocycles. The van der Waals surface area contributed by atoms with E-state index in [1.54, 1.807) is 60.7 Å². The van der Waals surface area contributed by atoms with Crippen molar-refractivity contribution in [1.82, 2.24) is 0 Å². The fourth-order valence-corrected chi connectivity index (χ4v) is 3.53. The van der Waals surface area contributed by atoms with Gasteiger partial charge < -0.3 is 50.6 Å². The molecule has 0 unspecified atom stereocenters. The monoisotopic (exact) mass is 830 g/mol. The Morgan fingerprint density at radius 1 is 0.647 bits per heavy atom. The van der Waals surface area contributed by atoms with Crippen LogP contribution in [0.15, 0.2) is 84.9 Å². The minimum atomic E-state index is -0.510. The number of phenols is 3. The largest absolute Gasteiger partial charge is 1.00 e. The van der Waals surface area contributed by atoms with Crippen LogP contribution < -0.4 is 132 Å². The first kappa shape index (κ1) is 50.4. The van der Waals surface area contributed by atoms with Gasteiger partial charge in [-0.25, -0.2) is 0 Å². The number of hydrogen-bond donors (Lipinski definition) is 3. The van der Waals surface area contributed by atoms with Crippen molar-refractivity contribution in [2.24, 2.45) is 0 Å². The first-order chi connectivity index (χ1) is 23.6. The molecule has 0 saturated carbocycles. The van der Waals surface area contributed by atoms with Gasteiger partial charge in [0.2, 0.25) is 5.75 Å². The number of ether oxygens (including phenoxy) is 5. The van der Waals surface area contributed by atoms with Gasteiger partial charge in [-0.05, 0) is 36.4 Å². The molecule has 0 aromatic heterocycles. The van der Waals surface area contributed by atoms with Crippen molar-refractivity contribution in [3.63, 3.8) is 0 Å². The number of carbonyl (C=O) groups is 1. The van der Waals surface area contributed by atoms with Crippen molar-refractivity contribution in [2.45, 2.75) is 0 Å². The SMILES string of the molecule is COc1cccc(O)c1O.COc1cccc(OCCOc2ccccc2[N+](=O)[O-])c1O.O=CO[O-].O=[N+]([O-])c1ccccc1OCCBr.[H-].[K+].[K+]. The van der Waals surface area contributed by atoms with Crippen LogP contribution in [0.3, 0.4) is 0 Å². The predicted octanol–water partition coefficient (Wildman–Crippen LogP) is -1.20. The number of benzene rings is 4. The van der Waals surface area contributed by atoms with Crippen molar-refractivity contribution in [1.29, 1.82) is 0 Å². The summed E-state index contributed by atoms with van der Waals surface area (Å²) in [5.74, 6) is 0.834. The van der Waals surface area contributed by atoms with Crippen molar-refractivity contribution in [2.75, 3.05) is 39.4 Å². The third kappa shape index (κ3) is 19.1. The molecule has 17 nitrogen and oxygen atoms in total. The minimum absolute atomic E-state index is 0. The summed E-state index contributed by atoms with van der Waals surface area (Å²) in [4.78, 5) is 31.6. The number of phenolic OH excluding ortho intramolecular Hbond substituents is 3. The molecule has 3 N–H and O–H groups in total. The second kappa shape index (κ2) is 29.8. The van der Waals surface area contributed by atoms with Crippen LogP contribution in [0.25, 0.3) is 0 Å². The Morgan fingerprint density at radius 3 is 1.43 bits per heavy atom. The molecule has 51 heavy (non-hydrogen) atoms. The van der Waals surface area contributed by atoms with E-state index in [0.29, 0.717) is 23.4 Å². The van der Waals surface area contributed by atoms with Gasteiger partial charge in [-0.15, -0.1) is 0 Å². The number of rotatable bonds is 13. The van der Waals surface area contributed by atoms with Gasteiger partial charge in [0.05, 0.1) is 30.7 Å². The molecule has 0 radical (unpaired) electrons. The molecule has 0 saturated heterocycles. The molecule has 0 aliphatic heterocycles. The zero-order valence-electron chi connectivity index (χ0n) is 29.0. The number of nitro groups is 2. The number of carbonyl (C=O) groups excluding carboxylic acids is 1. The molecule has 0 heterocycles. The first-order valence-corrected chi connectivity index (χ1v) is 14.7. The number of methoxy groups -OCH3 is 2. The summed E-state index contributed by atoms with van der Waals surface area (Å²) in [6.45, 7) is 0.457. The second-order valence-corrected chi connectivity index (χ2v) is 9.30. The normalized spacial score (nSPS) is 9.02. The van der Waals surface area contributed by atoms with Gasteiger partial charge in [-0.1, -0.05) is 52.3 Å². The molecule has 0 spiro atoms. The van der Waals surface area contributed by atoms with Gasteiger partial charge in [0, 0.05) is 17.5 Å². The van der Waals surface area contributed by atoms with Crippen LogP contribution in [0.4, 0.5) is 11.4 Å². The molecule has 0 amide bonds. The number of nitro benzene ring substituents is 2. The van der Waals surface area contributed by atoms with Gasteiger partial charge >= 0.3 is 114 Å². The molecule has 266 valence electrons. The molecule has 0 aliphatic rings. The Hall–Kier alpha value is -2.74. The Labute approximate surface area is 387 Å². The average Bonchev–Trinajstić information content (AvgIpc) is 3.11. The summed E-state index contributed by atoms with van der Waals surface area (Å²) in [5.41, 5.74) is -0.102. The number of alkyl halides is 1. The van der Waals surface area contributed by atoms with Crippen LogP contribution in [-0.4, -0.2) is 71.0 Å². The summed E-state index contributed by atoms with van der Waals surface area (Å²) in [6.07, 6.45) is 0. The van der Waals surface area contributed by atoms with Crippen LogP contribution in [0, 0.1) is 20.2 Å². The maximum Gasteiger partial charge on any atom is 1.00 e. The van der Waals surface area contributed by atoms with Crippen LogP contribution in [-0.2, 0) is 9.68 Å². The zero-order valence-corrected chi connectivity index (χ0v) is 35.8. The van der Waals surface area contributed by atoms with Crippen molar-refractivity contribution in [3.05, 3.63) is 105 Å². The van der Waals surface area contributed by atoms with Crippen LogP contribution in [0.5, 0.6) is 46.0 Å². The third-order valence-corrected chi connectivity index (χ3v) is 5.80. The van der Waals surface area contributed by atoms with Gasteiger partial charge in [0.1, 0.15) is 13.2 Å². The summed E-state index contributed by atoms with van der Waals surface area (Å²) >= 11 is 3.17. The van der Waals surface area contributed by atoms with Crippen LogP contribution in [0.1, 0.15) is 1.43 Å². The molecule has 0 aliphatic carbocycles. The third-order valence-electron chi connectivity index (χ3n) is 5.48. The maximum absolute atomic E-state index is 10.8. The van der Waals surface area contributed by atoms with E-state index < -0.39 is 9.85 Å². The summed E-state index contributed by atoms with van der Waals surface area (Å²) in [6, 6.07) is 21.8. The number of nitrogens with zero attached hydrogens (tertiary/aromatic N) is 2. The van der Waals surface area contributed by atoms with Crippen molar-refractivity contribution >= 4 is 33.8 Å². The first-order valence-electron chi connectivity index (χ1n) is 13.6. The van der Waals surface area contributed by atoms with E-state index in [1.807, 2.05) is 0 Å².